The highest BCUT2D eigenvalue weighted by Crippen LogP contribution is 2.10. The fraction of sp³-hybridized carbons (Fsp3) is 0.182. The first-order valence-electron chi connectivity index (χ1n) is 5.44. The lowest BCUT2D eigenvalue weighted by atomic mass is 10.2. The van der Waals surface area contributed by atoms with Gasteiger partial charge in [0.05, 0.1) is 6.21 Å². The van der Waals surface area contributed by atoms with Gasteiger partial charge in [0.2, 0.25) is 0 Å². The molecule has 0 atom stereocenters. The predicted octanol–water partition coefficient (Wildman–Crippen LogP) is 1.76. The number of halogens is 1. The van der Waals surface area contributed by atoms with E-state index in [1.165, 1.54) is 4.68 Å². The molecular formula is C11H13BrN6. The summed E-state index contributed by atoms with van der Waals surface area (Å²) >= 11 is 3.39. The summed E-state index contributed by atoms with van der Waals surface area (Å²) in [4.78, 5) is 0. The third-order valence-corrected chi connectivity index (χ3v) is 2.80. The van der Waals surface area contributed by atoms with Crippen molar-refractivity contribution in [2.24, 2.45) is 5.10 Å². The summed E-state index contributed by atoms with van der Waals surface area (Å²) in [6.07, 6.45) is 2.41. The van der Waals surface area contributed by atoms with Crippen molar-refractivity contribution in [3.8, 4) is 0 Å². The summed E-state index contributed by atoms with van der Waals surface area (Å²) in [5.41, 5.74) is 3.72. The number of hydrogen-bond donors (Lipinski definition) is 2. The standard InChI is InChI=1S/C11H13BrN6/c1-2-10-15-17-11(18(10)13)16-14-7-8-4-3-5-9(12)6-8/h3-7H,2,13H2,1H3,(H,16,17)/b14-7+. The fourth-order valence-corrected chi connectivity index (χ4v) is 1.81. The van der Waals surface area contributed by atoms with Crippen LogP contribution in [0.25, 0.3) is 0 Å². The number of nitrogen functional groups attached to an aromatic ring is 1. The quantitative estimate of drug-likeness (QED) is 0.512. The molecule has 0 spiro atoms. The van der Waals surface area contributed by atoms with Gasteiger partial charge in [0.1, 0.15) is 0 Å². The zero-order chi connectivity index (χ0) is 13.0. The SMILES string of the molecule is CCc1nnc(N/N=C/c2cccc(Br)c2)n1N. The van der Waals surface area contributed by atoms with Crippen molar-refractivity contribution < 1.29 is 0 Å². The van der Waals surface area contributed by atoms with Crippen molar-refractivity contribution in [1.29, 1.82) is 0 Å². The van der Waals surface area contributed by atoms with Crippen LogP contribution < -0.4 is 11.3 Å². The summed E-state index contributed by atoms with van der Waals surface area (Å²) < 4.78 is 2.39. The Hall–Kier alpha value is -1.89. The normalized spacial score (nSPS) is 11.0. The second-order valence-corrected chi connectivity index (χ2v) is 4.50. The number of anilines is 1. The largest absolute Gasteiger partial charge is 0.335 e. The molecule has 0 aliphatic carbocycles. The van der Waals surface area contributed by atoms with E-state index < -0.39 is 0 Å². The number of aryl methyl sites for hydroxylation is 1. The molecule has 0 saturated heterocycles. The van der Waals surface area contributed by atoms with Crippen LogP contribution in [-0.4, -0.2) is 21.1 Å². The monoisotopic (exact) mass is 308 g/mol. The smallest absolute Gasteiger partial charge is 0.263 e. The molecule has 0 fully saturated rings. The van der Waals surface area contributed by atoms with Crippen LogP contribution >= 0.6 is 15.9 Å². The van der Waals surface area contributed by atoms with Crippen LogP contribution in [-0.2, 0) is 6.42 Å². The zero-order valence-electron chi connectivity index (χ0n) is 9.84. The van der Waals surface area contributed by atoms with Crippen molar-refractivity contribution >= 4 is 28.1 Å². The molecule has 18 heavy (non-hydrogen) atoms. The number of hydrogen-bond acceptors (Lipinski definition) is 5. The van der Waals surface area contributed by atoms with Gasteiger partial charge in [0.15, 0.2) is 5.82 Å². The Morgan fingerprint density at radius 2 is 2.33 bits per heavy atom. The highest BCUT2D eigenvalue weighted by atomic mass is 79.9. The maximum atomic E-state index is 5.77. The lowest BCUT2D eigenvalue weighted by molar-refractivity contribution is 0.855. The van der Waals surface area contributed by atoms with Gasteiger partial charge in [-0.1, -0.05) is 35.0 Å². The van der Waals surface area contributed by atoms with Gasteiger partial charge in [-0.3, -0.25) is 0 Å². The molecule has 94 valence electrons. The van der Waals surface area contributed by atoms with Gasteiger partial charge in [0, 0.05) is 10.9 Å². The second-order valence-electron chi connectivity index (χ2n) is 3.59. The van der Waals surface area contributed by atoms with E-state index in [9.17, 15) is 0 Å². The van der Waals surface area contributed by atoms with E-state index in [4.69, 9.17) is 5.84 Å². The van der Waals surface area contributed by atoms with E-state index in [1.54, 1.807) is 6.21 Å². The molecule has 1 aromatic heterocycles. The minimum absolute atomic E-state index is 0.415. The molecule has 3 N–H and O–H groups in total. The first kappa shape index (κ1) is 12.6. The second kappa shape index (κ2) is 5.63. The lowest BCUT2D eigenvalue weighted by Gasteiger charge is -2.00. The highest BCUT2D eigenvalue weighted by molar-refractivity contribution is 9.10. The minimum atomic E-state index is 0.415. The van der Waals surface area contributed by atoms with E-state index in [1.807, 2.05) is 31.2 Å². The molecule has 0 bridgehead atoms. The van der Waals surface area contributed by atoms with Crippen molar-refractivity contribution in [3.05, 3.63) is 40.1 Å². The minimum Gasteiger partial charge on any atom is -0.335 e. The van der Waals surface area contributed by atoms with Crippen molar-refractivity contribution in [2.75, 3.05) is 11.3 Å². The van der Waals surface area contributed by atoms with Crippen molar-refractivity contribution in [3.63, 3.8) is 0 Å². The molecule has 2 aromatic rings. The van der Waals surface area contributed by atoms with Crippen LogP contribution in [0.15, 0.2) is 33.8 Å². The number of aromatic nitrogens is 3. The van der Waals surface area contributed by atoms with E-state index in [2.05, 4.69) is 36.7 Å². The molecule has 0 aliphatic heterocycles. The van der Waals surface area contributed by atoms with Crippen LogP contribution in [0.1, 0.15) is 18.3 Å². The van der Waals surface area contributed by atoms with Gasteiger partial charge >= 0.3 is 0 Å². The molecule has 7 heteroatoms. The molecule has 0 amide bonds. The Morgan fingerprint density at radius 1 is 1.50 bits per heavy atom. The van der Waals surface area contributed by atoms with Gasteiger partial charge in [-0.25, -0.2) is 10.1 Å². The van der Waals surface area contributed by atoms with Crippen molar-refractivity contribution in [1.82, 2.24) is 14.9 Å². The maximum absolute atomic E-state index is 5.77. The topological polar surface area (TPSA) is 81.1 Å². The van der Waals surface area contributed by atoms with E-state index in [-0.39, 0.29) is 0 Å². The van der Waals surface area contributed by atoms with Gasteiger partial charge in [-0.15, -0.1) is 10.2 Å². The lowest BCUT2D eigenvalue weighted by Crippen LogP contribution is -2.14. The highest BCUT2D eigenvalue weighted by Gasteiger charge is 2.05. The number of nitrogens with two attached hydrogens (primary N) is 1. The number of hydrazone groups is 1. The third kappa shape index (κ3) is 2.86. The van der Waals surface area contributed by atoms with Crippen LogP contribution in [0.3, 0.4) is 0 Å². The summed E-state index contributed by atoms with van der Waals surface area (Å²) in [5, 5.41) is 11.9. The summed E-state index contributed by atoms with van der Waals surface area (Å²) in [6, 6.07) is 7.79. The summed E-state index contributed by atoms with van der Waals surface area (Å²) in [6.45, 7) is 1.96. The van der Waals surface area contributed by atoms with Gasteiger partial charge in [-0.05, 0) is 17.7 Å². The number of nitrogens with one attached hydrogen (secondary N) is 1. The van der Waals surface area contributed by atoms with Crippen molar-refractivity contribution in [2.45, 2.75) is 13.3 Å². The van der Waals surface area contributed by atoms with E-state index >= 15 is 0 Å². The van der Waals surface area contributed by atoms with E-state index in [0.717, 1.165) is 16.5 Å². The molecule has 6 nitrogen and oxygen atoms in total. The molecule has 2 rings (SSSR count). The number of rotatable bonds is 4. The Balaban J connectivity index is 2.05. The molecular weight excluding hydrogens is 296 g/mol. The molecule has 1 heterocycles. The first-order valence-corrected chi connectivity index (χ1v) is 6.24. The summed E-state index contributed by atoms with van der Waals surface area (Å²) in [7, 11) is 0. The van der Waals surface area contributed by atoms with E-state index in [0.29, 0.717) is 11.8 Å². The number of nitrogens with zero attached hydrogens (tertiary/aromatic N) is 4. The number of benzene rings is 1. The van der Waals surface area contributed by atoms with Gasteiger partial charge < -0.3 is 5.84 Å². The molecule has 0 unspecified atom stereocenters. The Labute approximate surface area is 113 Å². The average Bonchev–Trinajstić information content (AvgIpc) is 2.71. The molecule has 0 aliphatic rings. The third-order valence-electron chi connectivity index (χ3n) is 2.31. The van der Waals surface area contributed by atoms with Crippen LogP contribution in [0.5, 0.6) is 0 Å². The van der Waals surface area contributed by atoms with Crippen LogP contribution in [0, 0.1) is 0 Å². The molecule has 1 aromatic carbocycles. The van der Waals surface area contributed by atoms with Gasteiger partial charge in [0.25, 0.3) is 5.95 Å². The van der Waals surface area contributed by atoms with Gasteiger partial charge in [-0.2, -0.15) is 5.10 Å². The Bertz CT molecular complexity index is 562. The Kier molecular flexibility index (Phi) is 3.93. The maximum Gasteiger partial charge on any atom is 0.263 e. The molecule has 0 saturated carbocycles. The first-order chi connectivity index (χ1) is 8.70. The summed E-state index contributed by atoms with van der Waals surface area (Å²) in [5.74, 6) is 6.88. The molecule has 0 radical (unpaired) electrons. The Morgan fingerprint density at radius 3 is 3.00 bits per heavy atom. The van der Waals surface area contributed by atoms with Crippen LogP contribution in [0.2, 0.25) is 0 Å². The average molecular weight is 309 g/mol. The fourth-order valence-electron chi connectivity index (χ4n) is 1.39. The van der Waals surface area contributed by atoms with Crippen LogP contribution in [0.4, 0.5) is 5.95 Å². The predicted molar refractivity (Wildman–Crippen MR) is 74.9 cm³/mol. The zero-order valence-corrected chi connectivity index (χ0v) is 11.4.